The van der Waals surface area contributed by atoms with Gasteiger partial charge < -0.3 is 15.5 Å². The van der Waals surface area contributed by atoms with Crippen LogP contribution >= 0.6 is 0 Å². The third-order valence-electron chi connectivity index (χ3n) is 3.05. The summed E-state index contributed by atoms with van der Waals surface area (Å²) in [5.41, 5.74) is 2.45. The fourth-order valence-electron chi connectivity index (χ4n) is 1.94. The first-order valence-corrected chi connectivity index (χ1v) is 7.12. The number of carbonyl (C=O) groups excluding carboxylic acids is 1. The van der Waals surface area contributed by atoms with Gasteiger partial charge in [-0.2, -0.15) is 0 Å². The molecule has 2 amide bonds. The van der Waals surface area contributed by atoms with Crippen LogP contribution in [-0.2, 0) is 0 Å². The summed E-state index contributed by atoms with van der Waals surface area (Å²) in [5, 5.41) is 5.24. The maximum Gasteiger partial charge on any atom is 0.319 e. The van der Waals surface area contributed by atoms with Crippen molar-refractivity contribution in [2.75, 3.05) is 30.9 Å². The Kier molecular flexibility index (Phi) is 5.59. The van der Waals surface area contributed by atoms with Crippen LogP contribution in [0.25, 0.3) is 0 Å². The first kappa shape index (κ1) is 16.4. The van der Waals surface area contributed by atoms with Crippen LogP contribution in [0.15, 0.2) is 48.5 Å². The predicted octanol–water partition coefficient (Wildman–Crippen LogP) is 3.06. The number of nitrogens with zero attached hydrogens (tertiary/aromatic N) is 1. The zero-order chi connectivity index (χ0) is 16.7. The average Bonchev–Trinajstić information content (AvgIpc) is 2.54. The van der Waals surface area contributed by atoms with E-state index in [4.69, 9.17) is 0 Å². The van der Waals surface area contributed by atoms with Crippen molar-refractivity contribution in [1.82, 2.24) is 5.32 Å². The molecule has 118 valence electrons. The third-order valence-corrected chi connectivity index (χ3v) is 3.05. The van der Waals surface area contributed by atoms with Crippen LogP contribution < -0.4 is 15.5 Å². The van der Waals surface area contributed by atoms with E-state index in [2.05, 4.69) is 22.5 Å². The van der Waals surface area contributed by atoms with Crippen LogP contribution in [0.5, 0.6) is 0 Å². The van der Waals surface area contributed by atoms with Crippen LogP contribution in [0.1, 0.15) is 5.56 Å². The summed E-state index contributed by atoms with van der Waals surface area (Å²) in [6.07, 6.45) is 0. The number of urea groups is 1. The molecule has 0 aliphatic rings. The topological polar surface area (TPSA) is 44.4 Å². The smallest absolute Gasteiger partial charge is 0.319 e. The van der Waals surface area contributed by atoms with Crippen molar-refractivity contribution in [3.63, 3.8) is 0 Å². The van der Waals surface area contributed by atoms with E-state index >= 15 is 0 Å². The Balaban J connectivity index is 1.88. The Morgan fingerprint density at radius 2 is 1.83 bits per heavy atom. The molecule has 2 aromatic carbocycles. The number of anilines is 2. The van der Waals surface area contributed by atoms with Gasteiger partial charge in [-0.15, -0.1) is 0 Å². The van der Waals surface area contributed by atoms with E-state index < -0.39 is 0 Å². The lowest BCUT2D eigenvalue weighted by Crippen LogP contribution is -2.28. The molecule has 0 aliphatic carbocycles. The lowest BCUT2D eigenvalue weighted by Gasteiger charge is -2.13. The molecular formula is C18H18FN3O. The standard InChI is InChI=1S/C18H18FN3O/c1-22(2)17-8-4-3-6-14(17)7-5-13-20-18(23)21-16-11-9-15(19)10-12-16/h3-4,6,8-12H,13H2,1-2H3,(H2,20,21,23). The Labute approximate surface area is 135 Å². The average molecular weight is 311 g/mol. The highest BCUT2D eigenvalue weighted by molar-refractivity contribution is 5.89. The van der Waals surface area contributed by atoms with Crippen LogP contribution in [0.3, 0.4) is 0 Å². The maximum absolute atomic E-state index is 12.8. The molecule has 2 N–H and O–H groups in total. The highest BCUT2D eigenvalue weighted by Gasteiger charge is 2.01. The first-order valence-electron chi connectivity index (χ1n) is 7.12. The molecule has 5 heteroatoms. The van der Waals surface area contributed by atoms with Gasteiger partial charge in [0.2, 0.25) is 0 Å². The van der Waals surface area contributed by atoms with Gasteiger partial charge in [0, 0.05) is 25.3 Å². The van der Waals surface area contributed by atoms with E-state index in [1.807, 2.05) is 43.3 Å². The van der Waals surface area contributed by atoms with Gasteiger partial charge in [-0.3, -0.25) is 0 Å². The zero-order valence-corrected chi connectivity index (χ0v) is 13.1. The summed E-state index contributed by atoms with van der Waals surface area (Å²) < 4.78 is 12.8. The predicted molar refractivity (Wildman–Crippen MR) is 91.1 cm³/mol. The van der Waals surface area contributed by atoms with Crippen molar-refractivity contribution in [3.8, 4) is 11.8 Å². The number of benzene rings is 2. The quantitative estimate of drug-likeness (QED) is 0.856. The van der Waals surface area contributed by atoms with Crippen molar-refractivity contribution in [3.05, 3.63) is 59.9 Å². The minimum absolute atomic E-state index is 0.217. The fraction of sp³-hybridized carbons (Fsp3) is 0.167. The molecule has 4 nitrogen and oxygen atoms in total. The van der Waals surface area contributed by atoms with Gasteiger partial charge in [0.05, 0.1) is 12.2 Å². The zero-order valence-electron chi connectivity index (χ0n) is 13.1. The second-order valence-corrected chi connectivity index (χ2v) is 5.03. The first-order chi connectivity index (χ1) is 11.1. The Morgan fingerprint density at radius 1 is 1.13 bits per heavy atom. The second kappa shape index (κ2) is 7.85. The Morgan fingerprint density at radius 3 is 2.52 bits per heavy atom. The molecule has 0 heterocycles. The number of amides is 2. The summed E-state index contributed by atoms with van der Waals surface area (Å²) in [4.78, 5) is 13.7. The second-order valence-electron chi connectivity index (χ2n) is 5.03. The molecule has 0 atom stereocenters. The van der Waals surface area contributed by atoms with Crippen molar-refractivity contribution >= 4 is 17.4 Å². The van der Waals surface area contributed by atoms with E-state index in [0.29, 0.717) is 5.69 Å². The fourth-order valence-corrected chi connectivity index (χ4v) is 1.94. The minimum atomic E-state index is -0.383. The summed E-state index contributed by atoms with van der Waals surface area (Å²) in [6.45, 7) is 0.217. The van der Waals surface area contributed by atoms with Gasteiger partial charge >= 0.3 is 6.03 Å². The molecule has 0 aliphatic heterocycles. The van der Waals surface area contributed by atoms with Crippen molar-refractivity contribution in [2.24, 2.45) is 0 Å². The molecule has 2 aromatic rings. The van der Waals surface area contributed by atoms with Gasteiger partial charge in [0.25, 0.3) is 0 Å². The molecule has 0 saturated carbocycles. The van der Waals surface area contributed by atoms with E-state index in [-0.39, 0.29) is 18.4 Å². The number of rotatable bonds is 3. The van der Waals surface area contributed by atoms with Crippen LogP contribution in [0.4, 0.5) is 20.6 Å². The summed E-state index contributed by atoms with van der Waals surface area (Å²) >= 11 is 0. The normalized spacial score (nSPS) is 9.52. The van der Waals surface area contributed by atoms with Crippen LogP contribution in [0.2, 0.25) is 0 Å². The SMILES string of the molecule is CN(C)c1ccccc1C#CCNC(=O)Nc1ccc(F)cc1. The van der Waals surface area contributed by atoms with E-state index in [0.717, 1.165) is 11.3 Å². The molecule has 0 unspecified atom stereocenters. The Hall–Kier alpha value is -3.00. The third kappa shape index (κ3) is 5.04. The van der Waals surface area contributed by atoms with Crippen molar-refractivity contribution in [1.29, 1.82) is 0 Å². The van der Waals surface area contributed by atoms with Gasteiger partial charge in [0.15, 0.2) is 0 Å². The molecule has 23 heavy (non-hydrogen) atoms. The van der Waals surface area contributed by atoms with Crippen LogP contribution in [-0.4, -0.2) is 26.7 Å². The van der Waals surface area contributed by atoms with E-state index in [9.17, 15) is 9.18 Å². The molecule has 0 saturated heterocycles. The molecule has 2 rings (SSSR count). The van der Waals surface area contributed by atoms with Gasteiger partial charge in [-0.25, -0.2) is 9.18 Å². The lowest BCUT2D eigenvalue weighted by atomic mass is 10.1. The number of nitrogens with one attached hydrogen (secondary N) is 2. The van der Waals surface area contributed by atoms with E-state index in [1.54, 1.807) is 0 Å². The lowest BCUT2D eigenvalue weighted by molar-refractivity contribution is 0.253. The molecule has 0 bridgehead atoms. The largest absolute Gasteiger partial charge is 0.377 e. The number of halogens is 1. The number of hydrogen-bond donors (Lipinski definition) is 2. The van der Waals surface area contributed by atoms with Crippen LogP contribution in [0, 0.1) is 17.7 Å². The van der Waals surface area contributed by atoms with Gasteiger partial charge in [0.1, 0.15) is 5.82 Å². The monoisotopic (exact) mass is 311 g/mol. The van der Waals surface area contributed by atoms with Crippen molar-refractivity contribution in [2.45, 2.75) is 0 Å². The molecular weight excluding hydrogens is 293 g/mol. The van der Waals surface area contributed by atoms with Gasteiger partial charge in [-0.05, 0) is 36.4 Å². The highest BCUT2D eigenvalue weighted by atomic mass is 19.1. The summed E-state index contributed by atoms with van der Waals surface area (Å²) in [5.74, 6) is 5.61. The molecule has 0 radical (unpaired) electrons. The number of carbonyl (C=O) groups is 1. The number of hydrogen-bond acceptors (Lipinski definition) is 2. The highest BCUT2D eigenvalue weighted by Crippen LogP contribution is 2.16. The molecule has 0 spiro atoms. The molecule has 0 aromatic heterocycles. The summed E-state index contributed by atoms with van der Waals surface area (Å²) in [7, 11) is 3.91. The van der Waals surface area contributed by atoms with Crippen molar-refractivity contribution < 1.29 is 9.18 Å². The van der Waals surface area contributed by atoms with Gasteiger partial charge in [-0.1, -0.05) is 24.0 Å². The minimum Gasteiger partial charge on any atom is -0.377 e. The number of para-hydroxylation sites is 1. The summed E-state index contributed by atoms with van der Waals surface area (Å²) in [6, 6.07) is 13.0. The maximum atomic E-state index is 12.8. The van der Waals surface area contributed by atoms with E-state index in [1.165, 1.54) is 24.3 Å². The Bertz CT molecular complexity index is 730. The molecule has 0 fully saturated rings.